The average molecular weight is 390 g/mol. The first kappa shape index (κ1) is 19.0. The van der Waals surface area contributed by atoms with E-state index in [9.17, 15) is 22.8 Å². The van der Waals surface area contributed by atoms with Gasteiger partial charge in [-0.05, 0) is 29.3 Å². The average Bonchev–Trinajstić information content (AvgIpc) is 3.10. The first-order chi connectivity index (χ1) is 12.9. The van der Waals surface area contributed by atoms with E-state index in [0.29, 0.717) is 19.4 Å². The van der Waals surface area contributed by atoms with Gasteiger partial charge in [-0.15, -0.1) is 0 Å². The van der Waals surface area contributed by atoms with Crippen LogP contribution in [-0.2, 0) is 29.1 Å². The van der Waals surface area contributed by atoms with Gasteiger partial charge in [-0.2, -0.15) is 4.72 Å². The maximum Gasteiger partial charge on any atom is 0.321 e. The summed E-state index contributed by atoms with van der Waals surface area (Å²) in [5.74, 6) is -1.81. The van der Waals surface area contributed by atoms with E-state index in [-0.39, 0.29) is 10.8 Å². The number of hydrogen-bond acceptors (Lipinski definition) is 6. The molecule has 0 radical (unpaired) electrons. The minimum absolute atomic E-state index is 0.0211. The normalized spacial score (nSPS) is 14.5. The second kappa shape index (κ2) is 7.85. The quantitative estimate of drug-likeness (QED) is 0.731. The third-order valence-corrected chi connectivity index (χ3v) is 5.57. The molecule has 1 N–H and O–H groups in total. The lowest BCUT2D eigenvalue weighted by Crippen LogP contribution is -2.37. The van der Waals surface area contributed by atoms with Crippen molar-refractivity contribution in [3.8, 4) is 0 Å². The van der Waals surface area contributed by atoms with E-state index >= 15 is 0 Å². The highest BCUT2D eigenvalue weighted by molar-refractivity contribution is 7.89. The van der Waals surface area contributed by atoms with Crippen molar-refractivity contribution in [1.82, 2.24) is 9.62 Å². The summed E-state index contributed by atoms with van der Waals surface area (Å²) < 4.78 is 31.6. The lowest BCUT2D eigenvalue weighted by atomic mass is 10.1. The third kappa shape index (κ3) is 4.50. The molecule has 142 valence electrons. The van der Waals surface area contributed by atoms with Crippen LogP contribution >= 0.6 is 0 Å². The topological polar surface area (TPSA) is 110 Å². The largest absolute Gasteiger partial charge is 0.455 e. The van der Waals surface area contributed by atoms with E-state index in [1.54, 1.807) is 18.2 Å². The highest BCUT2D eigenvalue weighted by Gasteiger charge is 2.27. The van der Waals surface area contributed by atoms with Crippen molar-refractivity contribution in [2.24, 2.45) is 0 Å². The maximum atomic E-state index is 12.3. The molecule has 1 saturated heterocycles. The summed E-state index contributed by atoms with van der Waals surface area (Å²) in [6, 6.07) is 11.9. The summed E-state index contributed by atoms with van der Waals surface area (Å²) in [6.07, 6.45) is 0.884. The summed E-state index contributed by atoms with van der Waals surface area (Å²) in [7, 11) is -3.91. The molecule has 2 aromatic rings. The van der Waals surface area contributed by atoms with E-state index in [1.807, 2.05) is 12.1 Å². The van der Waals surface area contributed by atoms with Gasteiger partial charge in [0.25, 0.3) is 5.91 Å². The van der Waals surface area contributed by atoms with Crippen LogP contribution in [0.25, 0.3) is 10.8 Å². The number of nitrogens with one attached hydrogen (secondary N) is 1. The number of esters is 1. The Bertz CT molecular complexity index is 1000. The molecule has 1 fully saturated rings. The number of hydrogen-bond donors (Lipinski definition) is 1. The standard InChI is InChI=1S/C18H18N2O6S/c21-16-6-3-9-20(16)17(22)12-26-18(23)11-19-27(24,25)15-8-7-13-4-1-2-5-14(13)10-15/h1-2,4-5,7-8,10,19H,3,6,9,11-12H2. The molecule has 2 aromatic carbocycles. The van der Waals surface area contributed by atoms with E-state index in [0.717, 1.165) is 15.7 Å². The molecule has 1 heterocycles. The molecule has 1 aliphatic rings. The predicted molar refractivity (Wildman–Crippen MR) is 96.0 cm³/mol. The van der Waals surface area contributed by atoms with Crippen molar-refractivity contribution in [3.63, 3.8) is 0 Å². The Morgan fingerprint density at radius 2 is 1.85 bits per heavy atom. The van der Waals surface area contributed by atoms with Crippen LogP contribution in [0.5, 0.6) is 0 Å². The van der Waals surface area contributed by atoms with E-state index in [1.165, 1.54) is 12.1 Å². The van der Waals surface area contributed by atoms with Crippen molar-refractivity contribution in [2.75, 3.05) is 19.7 Å². The summed E-state index contributed by atoms with van der Waals surface area (Å²) in [5.41, 5.74) is 0. The summed E-state index contributed by atoms with van der Waals surface area (Å²) >= 11 is 0. The Morgan fingerprint density at radius 3 is 2.56 bits per heavy atom. The van der Waals surface area contributed by atoms with E-state index in [2.05, 4.69) is 4.72 Å². The number of carbonyl (C=O) groups is 3. The Kier molecular flexibility index (Phi) is 5.52. The zero-order valence-corrected chi connectivity index (χ0v) is 15.2. The van der Waals surface area contributed by atoms with E-state index in [4.69, 9.17) is 4.74 Å². The van der Waals surface area contributed by atoms with Gasteiger partial charge >= 0.3 is 5.97 Å². The molecular weight excluding hydrogens is 372 g/mol. The van der Waals surface area contributed by atoms with Gasteiger partial charge in [0.05, 0.1) is 4.90 Å². The van der Waals surface area contributed by atoms with Gasteiger partial charge < -0.3 is 4.74 Å². The van der Waals surface area contributed by atoms with Crippen LogP contribution in [0, 0.1) is 0 Å². The van der Waals surface area contributed by atoms with Crippen LogP contribution in [0.2, 0.25) is 0 Å². The molecule has 0 aliphatic carbocycles. The molecule has 0 aromatic heterocycles. The van der Waals surface area contributed by atoms with Crippen molar-refractivity contribution in [2.45, 2.75) is 17.7 Å². The Morgan fingerprint density at radius 1 is 1.11 bits per heavy atom. The van der Waals surface area contributed by atoms with Crippen molar-refractivity contribution in [3.05, 3.63) is 42.5 Å². The molecule has 0 unspecified atom stereocenters. The van der Waals surface area contributed by atoms with Gasteiger partial charge in [0.1, 0.15) is 6.54 Å². The summed E-state index contributed by atoms with van der Waals surface area (Å²) in [6.45, 7) is -0.900. The van der Waals surface area contributed by atoms with Crippen LogP contribution < -0.4 is 4.72 Å². The van der Waals surface area contributed by atoms with Crippen LogP contribution in [0.3, 0.4) is 0 Å². The number of benzene rings is 2. The van der Waals surface area contributed by atoms with Crippen LogP contribution in [-0.4, -0.2) is 50.8 Å². The second-order valence-corrected chi connectivity index (χ2v) is 7.80. The number of imide groups is 1. The highest BCUT2D eigenvalue weighted by Crippen LogP contribution is 2.18. The first-order valence-electron chi connectivity index (χ1n) is 8.34. The number of carbonyl (C=O) groups excluding carboxylic acids is 3. The van der Waals surface area contributed by atoms with Crippen LogP contribution in [0.1, 0.15) is 12.8 Å². The van der Waals surface area contributed by atoms with Crippen molar-refractivity contribution < 1.29 is 27.5 Å². The van der Waals surface area contributed by atoms with Crippen molar-refractivity contribution in [1.29, 1.82) is 0 Å². The number of fused-ring (bicyclic) bond motifs is 1. The molecular formula is C18H18N2O6S. The number of sulfonamides is 1. The maximum absolute atomic E-state index is 12.3. The smallest absolute Gasteiger partial charge is 0.321 e. The van der Waals surface area contributed by atoms with Crippen LogP contribution in [0.15, 0.2) is 47.4 Å². The van der Waals surface area contributed by atoms with Gasteiger partial charge in [-0.1, -0.05) is 30.3 Å². The fourth-order valence-corrected chi connectivity index (χ4v) is 3.76. The molecule has 1 aliphatic heterocycles. The second-order valence-electron chi connectivity index (χ2n) is 6.04. The highest BCUT2D eigenvalue weighted by atomic mass is 32.2. The fraction of sp³-hybridized carbons (Fsp3) is 0.278. The minimum atomic E-state index is -3.91. The predicted octanol–water partition coefficient (Wildman–Crippen LogP) is 0.810. The molecule has 0 bridgehead atoms. The number of nitrogens with zero attached hydrogens (tertiary/aromatic N) is 1. The summed E-state index contributed by atoms with van der Waals surface area (Å²) in [5, 5.41) is 1.65. The Balaban J connectivity index is 1.55. The van der Waals surface area contributed by atoms with Gasteiger partial charge in [0, 0.05) is 13.0 Å². The van der Waals surface area contributed by atoms with Gasteiger partial charge in [0.2, 0.25) is 15.9 Å². The third-order valence-electron chi connectivity index (χ3n) is 4.17. The lowest BCUT2D eigenvalue weighted by molar-refractivity contribution is -0.153. The molecule has 9 heteroatoms. The lowest BCUT2D eigenvalue weighted by Gasteiger charge is -2.13. The zero-order chi connectivity index (χ0) is 19.4. The van der Waals surface area contributed by atoms with Crippen molar-refractivity contribution >= 4 is 38.6 Å². The molecule has 8 nitrogen and oxygen atoms in total. The number of rotatable bonds is 6. The summed E-state index contributed by atoms with van der Waals surface area (Å²) in [4.78, 5) is 36.0. The van der Waals surface area contributed by atoms with Gasteiger partial charge in [0.15, 0.2) is 6.61 Å². The SMILES string of the molecule is O=C(CNS(=O)(=O)c1ccc2ccccc2c1)OCC(=O)N1CCCC1=O. The first-order valence-corrected chi connectivity index (χ1v) is 9.82. The minimum Gasteiger partial charge on any atom is -0.455 e. The zero-order valence-electron chi connectivity index (χ0n) is 14.4. The Labute approximate surface area is 156 Å². The molecule has 27 heavy (non-hydrogen) atoms. The number of likely N-dealkylation sites (tertiary alicyclic amines) is 1. The van der Waals surface area contributed by atoms with Crippen LogP contribution in [0.4, 0.5) is 0 Å². The molecule has 3 rings (SSSR count). The molecule has 0 atom stereocenters. The molecule has 0 spiro atoms. The molecule has 2 amide bonds. The number of ether oxygens (including phenoxy) is 1. The monoisotopic (exact) mass is 390 g/mol. The Hall–Kier alpha value is -2.78. The fourth-order valence-electron chi connectivity index (χ4n) is 2.75. The number of amides is 2. The van der Waals surface area contributed by atoms with E-state index < -0.39 is 35.1 Å². The molecule has 0 saturated carbocycles. The van der Waals surface area contributed by atoms with Gasteiger partial charge in [-0.3, -0.25) is 19.3 Å². The van der Waals surface area contributed by atoms with Gasteiger partial charge in [-0.25, -0.2) is 8.42 Å².